The van der Waals surface area contributed by atoms with Crippen LogP contribution >= 0.6 is 0 Å². The first-order valence-corrected chi connectivity index (χ1v) is 12.6. The number of carboxylic acid groups (broad SMARTS) is 1. The summed E-state index contributed by atoms with van der Waals surface area (Å²) in [5.41, 5.74) is 1.12. The highest BCUT2D eigenvalue weighted by Gasteiger charge is 2.30. The Morgan fingerprint density at radius 1 is 0.970 bits per heavy atom. The average molecular weight is 451 g/mol. The van der Waals surface area contributed by atoms with Crippen molar-refractivity contribution in [3.8, 4) is 0 Å². The summed E-state index contributed by atoms with van der Waals surface area (Å²) in [4.78, 5) is 28.7. The lowest BCUT2D eigenvalue weighted by Crippen LogP contribution is -2.31. The summed E-state index contributed by atoms with van der Waals surface area (Å²) in [6.07, 6.45) is 10.3. The van der Waals surface area contributed by atoms with Crippen molar-refractivity contribution in [1.29, 1.82) is 0 Å². The Hall–Kier alpha value is -2.43. The van der Waals surface area contributed by atoms with E-state index in [0.29, 0.717) is 36.6 Å². The van der Waals surface area contributed by atoms with Crippen LogP contribution in [0, 0.1) is 23.2 Å². The van der Waals surface area contributed by atoms with Gasteiger partial charge in [-0.2, -0.15) is 0 Å². The summed E-state index contributed by atoms with van der Waals surface area (Å²) in [6.45, 7) is 7.03. The number of benzene rings is 1. The van der Waals surface area contributed by atoms with E-state index in [1.165, 1.54) is 25.7 Å². The Balaban J connectivity index is 1.37. The van der Waals surface area contributed by atoms with Crippen molar-refractivity contribution in [2.45, 2.75) is 84.6 Å². The molecule has 2 N–H and O–H groups in total. The largest absolute Gasteiger partial charge is 0.481 e. The molecule has 0 unspecified atom stereocenters. The molecule has 33 heavy (non-hydrogen) atoms. The molecule has 1 heterocycles. The quantitative estimate of drug-likeness (QED) is 0.478. The van der Waals surface area contributed by atoms with Crippen molar-refractivity contribution < 1.29 is 14.7 Å². The lowest BCUT2D eigenvalue weighted by molar-refractivity contribution is -0.143. The maximum Gasteiger partial charge on any atom is 0.306 e. The van der Waals surface area contributed by atoms with Gasteiger partial charge in [-0.3, -0.25) is 9.59 Å². The fourth-order valence-electron chi connectivity index (χ4n) is 5.70. The number of nitrogens with zero attached hydrogens (tertiary/aromatic N) is 1. The number of aliphatic carboxylic acids is 1. The molecule has 0 aliphatic heterocycles. The SMILES string of the molecule is CC(C)(C)C1CCC(Nc2cc3cc(C(=O)CC4CCC(C(=O)O)CC4)ccc3cn2)CC1. The van der Waals surface area contributed by atoms with Gasteiger partial charge in [-0.1, -0.05) is 32.9 Å². The number of carboxylic acids is 1. The number of Topliss-reactive ketones (excluding diaryl/α,β-unsaturated/α-hetero) is 1. The predicted molar refractivity (Wildman–Crippen MR) is 133 cm³/mol. The zero-order valence-corrected chi connectivity index (χ0v) is 20.3. The molecule has 2 aromatic rings. The number of nitrogens with one attached hydrogen (secondary N) is 1. The number of carbonyl (C=O) groups is 2. The normalized spacial score (nSPS) is 26.2. The fourth-order valence-corrected chi connectivity index (χ4v) is 5.70. The van der Waals surface area contributed by atoms with Crippen LogP contribution in [-0.2, 0) is 4.79 Å². The van der Waals surface area contributed by atoms with Gasteiger partial charge in [0, 0.05) is 29.6 Å². The number of hydrogen-bond acceptors (Lipinski definition) is 4. The minimum atomic E-state index is -0.699. The van der Waals surface area contributed by atoms with Gasteiger partial charge in [-0.15, -0.1) is 0 Å². The monoisotopic (exact) mass is 450 g/mol. The van der Waals surface area contributed by atoms with Crippen LogP contribution in [0.5, 0.6) is 0 Å². The Bertz CT molecular complexity index is 994. The van der Waals surface area contributed by atoms with Gasteiger partial charge in [0.2, 0.25) is 0 Å². The molecule has 2 saturated carbocycles. The van der Waals surface area contributed by atoms with Crippen LogP contribution in [-0.4, -0.2) is 27.9 Å². The maximum absolute atomic E-state index is 12.9. The Kier molecular flexibility index (Phi) is 7.06. The topological polar surface area (TPSA) is 79.3 Å². The lowest BCUT2D eigenvalue weighted by Gasteiger charge is -2.37. The Morgan fingerprint density at radius 3 is 2.30 bits per heavy atom. The second-order valence-corrected chi connectivity index (χ2v) is 11.4. The van der Waals surface area contributed by atoms with Crippen LogP contribution in [0.15, 0.2) is 30.5 Å². The van der Waals surface area contributed by atoms with Crippen molar-refractivity contribution in [3.63, 3.8) is 0 Å². The highest BCUT2D eigenvalue weighted by molar-refractivity contribution is 6.00. The number of hydrogen-bond donors (Lipinski definition) is 2. The van der Waals surface area contributed by atoms with Gasteiger partial charge >= 0.3 is 5.97 Å². The highest BCUT2D eigenvalue weighted by atomic mass is 16.4. The van der Waals surface area contributed by atoms with E-state index < -0.39 is 5.97 Å². The first kappa shape index (κ1) is 23.7. The minimum absolute atomic E-state index is 0.155. The van der Waals surface area contributed by atoms with Gasteiger partial charge < -0.3 is 10.4 Å². The molecule has 0 amide bonds. The van der Waals surface area contributed by atoms with E-state index in [1.807, 2.05) is 24.4 Å². The van der Waals surface area contributed by atoms with Crippen LogP contribution in [0.1, 0.15) is 88.9 Å². The molecular formula is C28H38N2O3. The van der Waals surface area contributed by atoms with E-state index >= 15 is 0 Å². The van der Waals surface area contributed by atoms with Crippen molar-refractivity contribution in [3.05, 3.63) is 36.0 Å². The molecule has 0 radical (unpaired) electrons. The van der Waals surface area contributed by atoms with Gasteiger partial charge in [0.1, 0.15) is 5.82 Å². The van der Waals surface area contributed by atoms with Gasteiger partial charge in [-0.05, 0) is 86.1 Å². The minimum Gasteiger partial charge on any atom is -0.481 e. The van der Waals surface area contributed by atoms with Crippen LogP contribution in [0.3, 0.4) is 0 Å². The van der Waals surface area contributed by atoms with E-state index in [2.05, 4.69) is 37.1 Å². The third kappa shape index (κ3) is 5.93. The second-order valence-electron chi connectivity index (χ2n) is 11.4. The second kappa shape index (κ2) is 9.82. The van der Waals surface area contributed by atoms with Crippen LogP contribution in [0.25, 0.3) is 10.8 Å². The number of fused-ring (bicyclic) bond motifs is 1. The smallest absolute Gasteiger partial charge is 0.306 e. The summed E-state index contributed by atoms with van der Waals surface area (Å²) in [6, 6.07) is 8.40. The molecule has 5 heteroatoms. The number of pyridine rings is 1. The third-order valence-electron chi connectivity index (χ3n) is 8.02. The van der Waals surface area contributed by atoms with E-state index in [9.17, 15) is 14.7 Å². The molecule has 2 aliphatic rings. The molecule has 0 bridgehead atoms. The molecule has 178 valence electrons. The summed E-state index contributed by atoms with van der Waals surface area (Å²) in [5, 5.41) is 14.9. The highest BCUT2D eigenvalue weighted by Crippen LogP contribution is 2.38. The molecule has 1 aromatic heterocycles. The fraction of sp³-hybridized carbons (Fsp3) is 0.607. The summed E-state index contributed by atoms with van der Waals surface area (Å²) < 4.78 is 0. The van der Waals surface area contributed by atoms with Crippen molar-refractivity contribution in [2.24, 2.45) is 23.2 Å². The average Bonchev–Trinajstić information content (AvgIpc) is 2.78. The van der Waals surface area contributed by atoms with Crippen LogP contribution < -0.4 is 5.32 Å². The van der Waals surface area contributed by atoms with Crippen molar-refractivity contribution in [1.82, 2.24) is 4.98 Å². The number of ketones is 1. The molecule has 2 fully saturated rings. The summed E-state index contributed by atoms with van der Waals surface area (Å²) in [5.74, 6) is 1.18. The van der Waals surface area contributed by atoms with Crippen molar-refractivity contribution >= 4 is 28.3 Å². The summed E-state index contributed by atoms with van der Waals surface area (Å²) >= 11 is 0. The lowest BCUT2D eigenvalue weighted by atomic mass is 9.71. The number of anilines is 1. The first-order valence-electron chi connectivity index (χ1n) is 12.6. The molecule has 5 nitrogen and oxygen atoms in total. The molecule has 1 aromatic carbocycles. The van der Waals surface area contributed by atoms with E-state index in [1.54, 1.807) is 0 Å². The molecule has 0 saturated heterocycles. The number of carbonyl (C=O) groups excluding carboxylic acids is 1. The summed E-state index contributed by atoms with van der Waals surface area (Å²) in [7, 11) is 0. The molecule has 4 rings (SSSR count). The Labute approximate surface area is 197 Å². The van der Waals surface area contributed by atoms with Crippen LogP contribution in [0.2, 0.25) is 0 Å². The van der Waals surface area contributed by atoms with E-state index in [-0.39, 0.29) is 11.7 Å². The Morgan fingerprint density at radius 2 is 1.67 bits per heavy atom. The van der Waals surface area contributed by atoms with Crippen molar-refractivity contribution in [2.75, 3.05) is 5.32 Å². The first-order chi connectivity index (χ1) is 15.7. The molecule has 2 aliphatic carbocycles. The van der Waals surface area contributed by atoms with Gasteiger partial charge in [0.25, 0.3) is 0 Å². The standard InChI is InChI=1S/C28H38N2O3/c1-28(2,3)23-10-12-24(13-11-23)30-26-16-22-15-20(8-9-21(22)17-29-26)25(31)14-18-4-6-19(7-5-18)27(32)33/h8-9,15-19,23-24H,4-7,10-14H2,1-3H3,(H,29,30)(H,32,33). The van der Waals surface area contributed by atoms with Gasteiger partial charge in [0.05, 0.1) is 5.92 Å². The maximum atomic E-state index is 12.9. The zero-order valence-electron chi connectivity index (χ0n) is 20.3. The molecule has 0 atom stereocenters. The van der Waals surface area contributed by atoms with Crippen LogP contribution in [0.4, 0.5) is 5.82 Å². The predicted octanol–water partition coefficient (Wildman–Crippen LogP) is 6.72. The van der Waals surface area contributed by atoms with Gasteiger partial charge in [-0.25, -0.2) is 4.98 Å². The van der Waals surface area contributed by atoms with E-state index in [0.717, 1.165) is 40.9 Å². The van der Waals surface area contributed by atoms with Gasteiger partial charge in [0.15, 0.2) is 5.78 Å². The molecule has 0 spiro atoms. The molecular weight excluding hydrogens is 412 g/mol. The number of rotatable bonds is 6. The number of aromatic nitrogens is 1. The van der Waals surface area contributed by atoms with E-state index in [4.69, 9.17) is 0 Å². The zero-order chi connectivity index (χ0) is 23.6. The third-order valence-corrected chi connectivity index (χ3v) is 8.02.